The maximum absolute atomic E-state index is 12.4. The van der Waals surface area contributed by atoms with Crippen LogP contribution >= 0.6 is 23.7 Å². The molecule has 2 rings (SSSR count). The number of halogens is 1. The number of aliphatic hydroxyl groups is 1. The molecule has 134 valence electrons. The minimum absolute atomic E-state index is 0. The lowest BCUT2D eigenvalue weighted by molar-refractivity contribution is 0.0524. The molecule has 1 unspecified atom stereocenters. The smallest absolute Gasteiger partial charge is 0.340 e. The molecule has 0 amide bonds. The van der Waals surface area contributed by atoms with Crippen LogP contribution in [0.15, 0.2) is 17.5 Å². The lowest BCUT2D eigenvalue weighted by Gasteiger charge is -2.11. The molecule has 0 saturated carbocycles. The molecule has 2 aromatic rings. The fraction of sp³-hybridized carbons (Fsp3) is 0.471. The van der Waals surface area contributed by atoms with E-state index in [2.05, 4.69) is 10.6 Å². The molecular weight excluding hydrogens is 348 g/mol. The second kappa shape index (κ2) is 9.22. The van der Waals surface area contributed by atoms with Crippen molar-refractivity contribution in [3.05, 3.63) is 44.9 Å². The summed E-state index contributed by atoms with van der Waals surface area (Å²) in [5, 5.41) is 11.3. The van der Waals surface area contributed by atoms with E-state index in [-0.39, 0.29) is 31.0 Å². The molecule has 0 aliphatic rings. The summed E-state index contributed by atoms with van der Waals surface area (Å²) < 4.78 is 7.34. The Balaban J connectivity index is 0.00000288. The van der Waals surface area contributed by atoms with Crippen LogP contribution in [0.5, 0.6) is 0 Å². The second-order valence-electron chi connectivity index (χ2n) is 5.56. The predicted molar refractivity (Wildman–Crippen MR) is 99.3 cm³/mol. The Morgan fingerprint density at radius 1 is 1.42 bits per heavy atom. The summed E-state index contributed by atoms with van der Waals surface area (Å²) in [7, 11) is 0. The zero-order valence-corrected chi connectivity index (χ0v) is 15.9. The number of nitrogens with two attached hydrogens (primary N) is 1. The second-order valence-corrected chi connectivity index (χ2v) is 6.59. The van der Waals surface area contributed by atoms with E-state index in [0.717, 1.165) is 23.5 Å². The molecule has 0 fully saturated rings. The zero-order chi connectivity index (χ0) is 17.0. The van der Waals surface area contributed by atoms with Gasteiger partial charge >= 0.3 is 5.97 Å². The molecular formula is C17H25ClN2O3S. The highest BCUT2D eigenvalue weighted by Gasteiger charge is 2.25. The van der Waals surface area contributed by atoms with Gasteiger partial charge in [0.2, 0.25) is 0 Å². The largest absolute Gasteiger partial charge is 0.462 e. The first kappa shape index (κ1) is 20.7. The lowest BCUT2D eigenvalue weighted by atomic mass is 10.0. The third-order valence-electron chi connectivity index (χ3n) is 3.98. The minimum Gasteiger partial charge on any atom is -0.462 e. The van der Waals surface area contributed by atoms with Crippen LogP contribution in [0.4, 0.5) is 0 Å². The van der Waals surface area contributed by atoms with Crippen LogP contribution < -0.4 is 5.73 Å². The van der Waals surface area contributed by atoms with Crippen molar-refractivity contribution in [2.24, 2.45) is 5.73 Å². The normalized spacial score (nSPS) is 11.9. The third kappa shape index (κ3) is 4.39. The maximum atomic E-state index is 12.4. The van der Waals surface area contributed by atoms with Gasteiger partial charge in [-0.05, 0) is 44.2 Å². The van der Waals surface area contributed by atoms with Crippen LogP contribution in [0.1, 0.15) is 39.1 Å². The van der Waals surface area contributed by atoms with Gasteiger partial charge in [-0.15, -0.1) is 23.7 Å². The van der Waals surface area contributed by atoms with Crippen molar-refractivity contribution >= 4 is 29.7 Å². The van der Waals surface area contributed by atoms with Crippen LogP contribution in [-0.4, -0.2) is 34.9 Å². The van der Waals surface area contributed by atoms with Crippen molar-refractivity contribution in [3.8, 4) is 0 Å². The minimum atomic E-state index is -0.390. The van der Waals surface area contributed by atoms with Gasteiger partial charge in [-0.1, -0.05) is 6.07 Å². The van der Waals surface area contributed by atoms with Crippen molar-refractivity contribution in [2.75, 3.05) is 13.2 Å². The third-order valence-corrected chi connectivity index (χ3v) is 4.85. The first-order chi connectivity index (χ1) is 11.0. The Kier molecular flexibility index (Phi) is 7.96. The molecule has 7 heteroatoms. The van der Waals surface area contributed by atoms with Gasteiger partial charge in [-0.2, -0.15) is 0 Å². The molecule has 3 N–H and O–H groups in total. The number of thiophene rings is 1. The highest BCUT2D eigenvalue weighted by Crippen LogP contribution is 2.26. The van der Waals surface area contributed by atoms with E-state index in [1.54, 1.807) is 18.3 Å². The van der Waals surface area contributed by atoms with Gasteiger partial charge in [0.25, 0.3) is 0 Å². The molecule has 0 spiro atoms. The summed E-state index contributed by atoms with van der Waals surface area (Å²) in [5.74, 6) is -0.321. The van der Waals surface area contributed by atoms with Gasteiger partial charge < -0.3 is 20.1 Å². The summed E-state index contributed by atoms with van der Waals surface area (Å²) in [4.78, 5) is 13.6. The van der Waals surface area contributed by atoms with Gasteiger partial charge in [-0.25, -0.2) is 4.79 Å². The van der Waals surface area contributed by atoms with Gasteiger partial charge in [0.1, 0.15) is 0 Å². The molecule has 2 aromatic heterocycles. The van der Waals surface area contributed by atoms with Crippen molar-refractivity contribution in [2.45, 2.75) is 39.8 Å². The lowest BCUT2D eigenvalue weighted by Crippen LogP contribution is -2.28. The quantitative estimate of drug-likeness (QED) is 0.732. The van der Waals surface area contributed by atoms with Crippen molar-refractivity contribution in [1.29, 1.82) is 0 Å². The molecule has 0 radical (unpaired) electrons. The van der Waals surface area contributed by atoms with Crippen molar-refractivity contribution in [3.63, 3.8) is 0 Å². The summed E-state index contributed by atoms with van der Waals surface area (Å²) in [6.45, 7) is 6.65. The molecule has 0 bridgehead atoms. The number of carbonyl (C=O) groups excluding carboxylic acids is 1. The van der Waals surface area contributed by atoms with Crippen LogP contribution in [0, 0.1) is 13.8 Å². The monoisotopic (exact) mass is 372 g/mol. The van der Waals surface area contributed by atoms with Crippen LogP contribution in [0.3, 0.4) is 0 Å². The average molecular weight is 373 g/mol. The van der Waals surface area contributed by atoms with Crippen LogP contribution in [0.25, 0.3) is 0 Å². The summed E-state index contributed by atoms with van der Waals surface area (Å²) in [5.41, 5.74) is 9.25. The van der Waals surface area contributed by atoms with Crippen LogP contribution in [-0.2, 0) is 17.7 Å². The number of hydrogen-bond donors (Lipinski definition) is 2. The number of carbonyl (C=O) groups is 1. The number of aliphatic hydroxyl groups excluding tert-OH is 1. The Morgan fingerprint density at radius 3 is 2.67 bits per heavy atom. The maximum Gasteiger partial charge on any atom is 0.340 e. The summed E-state index contributed by atoms with van der Waals surface area (Å²) in [6.07, 6.45) is 0.453. The Hall–Kier alpha value is -1.34. The van der Waals surface area contributed by atoms with Gasteiger partial charge in [0.15, 0.2) is 0 Å². The first-order valence-corrected chi connectivity index (χ1v) is 8.62. The van der Waals surface area contributed by atoms with E-state index < -0.39 is 0 Å². The number of nitrogens with zero attached hydrogens (tertiary/aromatic N) is 1. The molecule has 2 heterocycles. The van der Waals surface area contributed by atoms with Crippen molar-refractivity contribution in [1.82, 2.24) is 4.57 Å². The zero-order valence-electron chi connectivity index (χ0n) is 14.2. The number of ether oxygens (including phenoxy) is 1. The molecule has 0 aliphatic heterocycles. The van der Waals surface area contributed by atoms with E-state index >= 15 is 0 Å². The number of aromatic nitrogens is 1. The van der Waals surface area contributed by atoms with Crippen molar-refractivity contribution < 1.29 is 14.6 Å². The van der Waals surface area contributed by atoms with E-state index in [0.29, 0.717) is 18.6 Å². The van der Waals surface area contributed by atoms with Gasteiger partial charge in [-0.3, -0.25) is 0 Å². The summed E-state index contributed by atoms with van der Waals surface area (Å²) in [6, 6.07) is 3.70. The van der Waals surface area contributed by atoms with Crippen LogP contribution in [0.2, 0.25) is 0 Å². The Bertz CT molecular complexity index is 668. The molecule has 0 aromatic carbocycles. The summed E-state index contributed by atoms with van der Waals surface area (Å²) >= 11 is 1.69. The molecule has 5 nitrogen and oxygen atoms in total. The van der Waals surface area contributed by atoms with E-state index in [1.807, 2.05) is 25.3 Å². The first-order valence-electron chi connectivity index (χ1n) is 7.74. The SMILES string of the molecule is CCOC(=O)c1c(CC(N)CO)c(C)n(Cc2cccs2)c1C.Cl. The van der Waals surface area contributed by atoms with Gasteiger partial charge in [0, 0.05) is 22.3 Å². The molecule has 0 aliphatic carbocycles. The van der Waals surface area contributed by atoms with Gasteiger partial charge in [0.05, 0.1) is 25.3 Å². The predicted octanol–water partition coefficient (Wildman–Crippen LogP) is 2.68. The molecule has 1 atom stereocenters. The standard InChI is InChI=1S/C17H24N2O3S.ClH/c1-4-22-17(21)16-12(3)19(9-14-6-5-7-23-14)11(2)15(16)8-13(18)10-20;/h5-7,13,20H,4,8-10,18H2,1-3H3;1H. The fourth-order valence-electron chi connectivity index (χ4n) is 2.79. The topological polar surface area (TPSA) is 77.5 Å². The van der Waals surface area contributed by atoms with E-state index in [4.69, 9.17) is 10.5 Å². The number of esters is 1. The number of rotatable bonds is 7. The highest BCUT2D eigenvalue weighted by molar-refractivity contribution is 7.09. The fourth-order valence-corrected chi connectivity index (χ4v) is 3.49. The molecule has 24 heavy (non-hydrogen) atoms. The Labute approximate surface area is 152 Å². The highest BCUT2D eigenvalue weighted by atomic mass is 35.5. The molecule has 0 saturated heterocycles. The average Bonchev–Trinajstić information content (AvgIpc) is 3.11. The van der Waals surface area contributed by atoms with E-state index in [9.17, 15) is 9.90 Å². The Morgan fingerprint density at radius 2 is 2.12 bits per heavy atom. The number of hydrogen-bond acceptors (Lipinski definition) is 5. The van der Waals surface area contributed by atoms with E-state index in [1.165, 1.54) is 4.88 Å².